The van der Waals surface area contributed by atoms with Crippen molar-refractivity contribution in [1.82, 2.24) is 15.1 Å². The van der Waals surface area contributed by atoms with Crippen molar-refractivity contribution in [2.24, 2.45) is 0 Å². The van der Waals surface area contributed by atoms with Crippen LogP contribution in [0.4, 0.5) is 5.69 Å². The Balaban J connectivity index is 1.76. The molecule has 0 aliphatic heterocycles. The van der Waals surface area contributed by atoms with Crippen molar-refractivity contribution < 1.29 is 9.59 Å². The molecule has 6 nitrogen and oxygen atoms in total. The van der Waals surface area contributed by atoms with Crippen molar-refractivity contribution >= 4 is 17.5 Å². The highest BCUT2D eigenvalue weighted by Crippen LogP contribution is 2.16. The van der Waals surface area contributed by atoms with Crippen LogP contribution in [0.1, 0.15) is 38.9 Å². The Hall–Kier alpha value is -3.41. The van der Waals surface area contributed by atoms with Gasteiger partial charge in [0.1, 0.15) is 0 Å². The van der Waals surface area contributed by atoms with Crippen molar-refractivity contribution in [2.45, 2.75) is 19.9 Å². The molecule has 2 amide bonds. The second-order valence-electron chi connectivity index (χ2n) is 6.11. The second-order valence-corrected chi connectivity index (χ2v) is 6.11. The van der Waals surface area contributed by atoms with E-state index in [-0.39, 0.29) is 11.8 Å². The summed E-state index contributed by atoms with van der Waals surface area (Å²) in [6, 6.07) is 16.8. The molecule has 138 valence electrons. The van der Waals surface area contributed by atoms with Gasteiger partial charge in [0.05, 0.1) is 24.0 Å². The van der Waals surface area contributed by atoms with E-state index >= 15 is 0 Å². The van der Waals surface area contributed by atoms with Gasteiger partial charge in [-0.25, -0.2) is 0 Å². The molecule has 6 heteroatoms. The Bertz CT molecular complexity index is 931. The Labute approximate surface area is 158 Å². The van der Waals surface area contributed by atoms with E-state index < -0.39 is 0 Å². The SMILES string of the molecule is CCc1c(C(=O)Nc2ccc(C(=O)NC)cc2)cnn1Cc1ccccc1. The predicted octanol–water partition coefficient (Wildman–Crippen LogP) is 3.11. The van der Waals surface area contributed by atoms with E-state index in [1.54, 1.807) is 37.5 Å². The average Bonchev–Trinajstić information content (AvgIpc) is 3.11. The predicted molar refractivity (Wildman–Crippen MR) is 105 cm³/mol. The summed E-state index contributed by atoms with van der Waals surface area (Å²) in [6.45, 7) is 2.63. The molecule has 0 unspecified atom stereocenters. The van der Waals surface area contributed by atoms with Gasteiger partial charge >= 0.3 is 0 Å². The fourth-order valence-corrected chi connectivity index (χ4v) is 2.91. The van der Waals surface area contributed by atoms with Crippen molar-refractivity contribution in [3.05, 3.63) is 83.2 Å². The van der Waals surface area contributed by atoms with Gasteiger partial charge in [0.15, 0.2) is 0 Å². The van der Waals surface area contributed by atoms with Crippen LogP contribution in [0.5, 0.6) is 0 Å². The van der Waals surface area contributed by atoms with Gasteiger partial charge in [0.25, 0.3) is 11.8 Å². The molecule has 0 aliphatic carbocycles. The molecule has 0 atom stereocenters. The molecule has 0 aliphatic rings. The molecule has 3 aromatic rings. The third-order valence-corrected chi connectivity index (χ3v) is 4.34. The largest absolute Gasteiger partial charge is 0.355 e. The molecule has 0 spiro atoms. The van der Waals surface area contributed by atoms with Gasteiger partial charge in [-0.15, -0.1) is 0 Å². The fraction of sp³-hybridized carbons (Fsp3) is 0.190. The zero-order valence-electron chi connectivity index (χ0n) is 15.4. The van der Waals surface area contributed by atoms with Crippen molar-refractivity contribution in [3.8, 4) is 0 Å². The van der Waals surface area contributed by atoms with Crippen molar-refractivity contribution in [1.29, 1.82) is 0 Å². The normalized spacial score (nSPS) is 10.4. The fourth-order valence-electron chi connectivity index (χ4n) is 2.91. The first-order valence-corrected chi connectivity index (χ1v) is 8.84. The summed E-state index contributed by atoms with van der Waals surface area (Å²) in [5, 5.41) is 9.83. The standard InChI is InChI=1S/C21H22N4O2/c1-3-19-18(13-23-25(19)14-15-7-5-4-6-8-15)21(27)24-17-11-9-16(10-12-17)20(26)22-2/h4-13H,3,14H2,1-2H3,(H,22,26)(H,24,27). The van der Waals surface area contributed by atoms with E-state index in [4.69, 9.17) is 0 Å². The zero-order chi connectivity index (χ0) is 19.2. The van der Waals surface area contributed by atoms with Crippen LogP contribution in [0.15, 0.2) is 60.8 Å². The third kappa shape index (κ3) is 4.23. The lowest BCUT2D eigenvalue weighted by molar-refractivity contribution is 0.0962. The molecule has 0 radical (unpaired) electrons. The number of rotatable bonds is 6. The summed E-state index contributed by atoms with van der Waals surface area (Å²) in [7, 11) is 1.58. The number of aromatic nitrogens is 2. The lowest BCUT2D eigenvalue weighted by Gasteiger charge is -2.09. The van der Waals surface area contributed by atoms with Gasteiger partial charge in [0.2, 0.25) is 0 Å². The average molecular weight is 362 g/mol. The zero-order valence-corrected chi connectivity index (χ0v) is 15.4. The molecule has 0 fully saturated rings. The highest BCUT2D eigenvalue weighted by molar-refractivity contribution is 6.05. The van der Waals surface area contributed by atoms with Gasteiger partial charge in [-0.1, -0.05) is 37.3 Å². The Kier molecular flexibility index (Phi) is 5.66. The van der Waals surface area contributed by atoms with Crippen molar-refractivity contribution in [3.63, 3.8) is 0 Å². The minimum atomic E-state index is -0.209. The maximum absolute atomic E-state index is 12.7. The van der Waals surface area contributed by atoms with Crippen LogP contribution >= 0.6 is 0 Å². The Morgan fingerprint density at radius 3 is 2.33 bits per heavy atom. The molecular formula is C21H22N4O2. The number of hydrogen-bond acceptors (Lipinski definition) is 3. The van der Waals surface area contributed by atoms with E-state index in [0.29, 0.717) is 29.8 Å². The topological polar surface area (TPSA) is 76.0 Å². The van der Waals surface area contributed by atoms with Gasteiger partial charge in [-0.2, -0.15) is 5.10 Å². The van der Waals surface area contributed by atoms with Crippen LogP contribution in [0.3, 0.4) is 0 Å². The summed E-state index contributed by atoms with van der Waals surface area (Å²) in [6.07, 6.45) is 2.31. The molecular weight excluding hydrogens is 340 g/mol. The van der Waals surface area contributed by atoms with Crippen molar-refractivity contribution in [2.75, 3.05) is 12.4 Å². The maximum Gasteiger partial charge on any atom is 0.259 e. The first kappa shape index (κ1) is 18.4. The number of hydrogen-bond donors (Lipinski definition) is 2. The monoisotopic (exact) mass is 362 g/mol. The smallest absolute Gasteiger partial charge is 0.259 e. The number of anilines is 1. The number of amides is 2. The quantitative estimate of drug-likeness (QED) is 0.707. The first-order valence-electron chi connectivity index (χ1n) is 8.84. The molecule has 0 bridgehead atoms. The Morgan fingerprint density at radius 1 is 1.00 bits per heavy atom. The highest BCUT2D eigenvalue weighted by Gasteiger charge is 2.16. The molecule has 1 heterocycles. The van der Waals surface area contributed by atoms with E-state index in [1.165, 1.54) is 0 Å². The number of nitrogens with zero attached hydrogens (tertiary/aromatic N) is 2. The first-order chi connectivity index (χ1) is 13.1. The third-order valence-electron chi connectivity index (χ3n) is 4.34. The number of benzene rings is 2. The molecule has 0 saturated heterocycles. The van der Waals surface area contributed by atoms with Crippen LogP contribution in [-0.4, -0.2) is 28.6 Å². The number of nitrogens with one attached hydrogen (secondary N) is 2. The summed E-state index contributed by atoms with van der Waals surface area (Å²) < 4.78 is 1.86. The molecule has 27 heavy (non-hydrogen) atoms. The second kappa shape index (κ2) is 8.31. The minimum absolute atomic E-state index is 0.164. The van der Waals surface area contributed by atoms with Gasteiger partial charge in [-0.3, -0.25) is 14.3 Å². The van der Waals surface area contributed by atoms with Crippen LogP contribution < -0.4 is 10.6 Å². The Morgan fingerprint density at radius 2 is 1.70 bits per heavy atom. The summed E-state index contributed by atoms with van der Waals surface area (Å²) >= 11 is 0. The van der Waals surface area contributed by atoms with Gasteiger partial charge in [0, 0.05) is 18.3 Å². The highest BCUT2D eigenvalue weighted by atomic mass is 16.2. The lowest BCUT2D eigenvalue weighted by atomic mass is 10.1. The van der Waals surface area contributed by atoms with Crippen LogP contribution in [-0.2, 0) is 13.0 Å². The number of carbonyl (C=O) groups excluding carboxylic acids is 2. The van der Waals surface area contributed by atoms with E-state index in [9.17, 15) is 9.59 Å². The van der Waals surface area contributed by atoms with Crippen LogP contribution in [0.25, 0.3) is 0 Å². The van der Waals surface area contributed by atoms with Crippen LogP contribution in [0, 0.1) is 0 Å². The van der Waals surface area contributed by atoms with Gasteiger partial charge < -0.3 is 10.6 Å². The molecule has 2 aromatic carbocycles. The summed E-state index contributed by atoms with van der Waals surface area (Å²) in [4.78, 5) is 24.3. The lowest BCUT2D eigenvalue weighted by Crippen LogP contribution is -2.18. The maximum atomic E-state index is 12.7. The minimum Gasteiger partial charge on any atom is -0.355 e. The van der Waals surface area contributed by atoms with E-state index in [1.807, 2.05) is 41.9 Å². The van der Waals surface area contributed by atoms with Gasteiger partial charge in [-0.05, 0) is 36.2 Å². The summed E-state index contributed by atoms with van der Waals surface area (Å²) in [5.74, 6) is -0.373. The molecule has 2 N–H and O–H groups in total. The molecule has 3 rings (SSSR count). The summed E-state index contributed by atoms with van der Waals surface area (Å²) in [5.41, 5.74) is 3.75. The van der Waals surface area contributed by atoms with Crippen LogP contribution in [0.2, 0.25) is 0 Å². The molecule has 1 aromatic heterocycles. The van der Waals surface area contributed by atoms with E-state index in [2.05, 4.69) is 15.7 Å². The van der Waals surface area contributed by atoms with E-state index in [0.717, 1.165) is 11.3 Å². The number of carbonyl (C=O) groups is 2. The molecule has 0 saturated carbocycles.